The highest BCUT2D eigenvalue weighted by atomic mass is 16.5. The first-order valence-electron chi connectivity index (χ1n) is 11.9. The summed E-state index contributed by atoms with van der Waals surface area (Å²) in [5.74, 6) is 1.87. The van der Waals surface area contributed by atoms with Crippen molar-refractivity contribution in [1.29, 1.82) is 0 Å². The van der Waals surface area contributed by atoms with E-state index in [0.29, 0.717) is 32.7 Å². The van der Waals surface area contributed by atoms with Gasteiger partial charge in [0.15, 0.2) is 0 Å². The number of amides is 2. The van der Waals surface area contributed by atoms with Crippen LogP contribution in [0, 0.1) is 13.8 Å². The van der Waals surface area contributed by atoms with Gasteiger partial charge in [-0.05, 0) is 50.8 Å². The van der Waals surface area contributed by atoms with Crippen molar-refractivity contribution in [3.05, 3.63) is 46.8 Å². The fourth-order valence-electron chi connectivity index (χ4n) is 4.44. The molecule has 2 aromatic rings. The Hall–Kier alpha value is -2.87. The van der Waals surface area contributed by atoms with Gasteiger partial charge in [0.05, 0.1) is 24.2 Å². The van der Waals surface area contributed by atoms with Gasteiger partial charge in [-0.2, -0.15) is 0 Å². The number of ether oxygens (including phenoxy) is 1. The summed E-state index contributed by atoms with van der Waals surface area (Å²) in [5, 5.41) is 3.94. The number of piperazine rings is 1. The van der Waals surface area contributed by atoms with Gasteiger partial charge in [0, 0.05) is 39.3 Å². The Balaban J connectivity index is 1.20. The highest BCUT2D eigenvalue weighted by Crippen LogP contribution is 2.18. The molecule has 178 valence electrons. The molecule has 0 saturated carbocycles. The summed E-state index contributed by atoms with van der Waals surface area (Å²) in [5.41, 5.74) is 2.77. The van der Waals surface area contributed by atoms with E-state index in [-0.39, 0.29) is 11.8 Å². The summed E-state index contributed by atoms with van der Waals surface area (Å²) in [6.45, 7) is 9.27. The van der Waals surface area contributed by atoms with E-state index in [1.807, 2.05) is 47.9 Å². The third-order valence-electron chi connectivity index (χ3n) is 6.64. The Morgan fingerprint density at radius 1 is 0.909 bits per heavy atom. The maximum absolute atomic E-state index is 12.8. The van der Waals surface area contributed by atoms with Gasteiger partial charge in [-0.3, -0.25) is 14.5 Å². The Kier molecular flexibility index (Phi) is 7.65. The maximum atomic E-state index is 12.8. The molecule has 0 bridgehead atoms. The van der Waals surface area contributed by atoms with Crippen molar-refractivity contribution in [1.82, 2.24) is 19.9 Å². The summed E-state index contributed by atoms with van der Waals surface area (Å²) in [7, 11) is 0. The fraction of sp³-hybridized carbons (Fsp3) is 0.560. The first-order chi connectivity index (χ1) is 16.0. The van der Waals surface area contributed by atoms with E-state index in [0.717, 1.165) is 67.4 Å². The Labute approximate surface area is 195 Å². The van der Waals surface area contributed by atoms with Crippen molar-refractivity contribution in [2.75, 3.05) is 45.8 Å². The molecule has 0 atom stereocenters. The van der Waals surface area contributed by atoms with Crippen LogP contribution in [0.1, 0.15) is 41.8 Å². The number of hydrogen-bond acceptors (Lipinski definition) is 6. The number of benzene rings is 1. The van der Waals surface area contributed by atoms with Crippen molar-refractivity contribution in [2.45, 2.75) is 46.1 Å². The largest absolute Gasteiger partial charge is 0.489 e. The molecule has 4 rings (SSSR count). The van der Waals surface area contributed by atoms with E-state index >= 15 is 0 Å². The number of aromatic nitrogens is 1. The van der Waals surface area contributed by atoms with E-state index in [1.165, 1.54) is 6.42 Å². The predicted octanol–water partition coefficient (Wildman–Crippen LogP) is 2.57. The van der Waals surface area contributed by atoms with Crippen LogP contribution in [-0.2, 0) is 22.6 Å². The SMILES string of the molecule is Cc1noc(C)c1COc1ccc(CC(=O)N2CCN(CC(=O)N3CCCCC3)CC2)cc1. The standard InChI is InChI=1S/C25H34N4O4/c1-19-23(20(2)33-26-19)18-32-22-8-6-21(7-9-22)16-24(30)29-14-12-27(13-15-29)17-25(31)28-10-4-3-5-11-28/h6-9H,3-5,10-18H2,1-2H3. The summed E-state index contributed by atoms with van der Waals surface area (Å²) in [6, 6.07) is 7.66. The third kappa shape index (κ3) is 6.13. The van der Waals surface area contributed by atoms with Crippen LogP contribution in [0.5, 0.6) is 5.75 Å². The second-order valence-electron chi connectivity index (χ2n) is 9.01. The van der Waals surface area contributed by atoms with Crippen molar-refractivity contribution in [3.8, 4) is 5.75 Å². The van der Waals surface area contributed by atoms with Gasteiger partial charge >= 0.3 is 0 Å². The van der Waals surface area contributed by atoms with Crippen LogP contribution in [0.4, 0.5) is 0 Å². The Morgan fingerprint density at radius 3 is 2.21 bits per heavy atom. The molecule has 33 heavy (non-hydrogen) atoms. The highest BCUT2D eigenvalue weighted by molar-refractivity contribution is 5.79. The molecule has 3 heterocycles. The quantitative estimate of drug-likeness (QED) is 0.640. The molecule has 0 N–H and O–H groups in total. The molecule has 1 aromatic carbocycles. The van der Waals surface area contributed by atoms with E-state index in [4.69, 9.17) is 9.26 Å². The van der Waals surface area contributed by atoms with Crippen molar-refractivity contribution >= 4 is 11.8 Å². The number of hydrogen-bond donors (Lipinski definition) is 0. The van der Waals surface area contributed by atoms with Crippen LogP contribution in [0.15, 0.2) is 28.8 Å². The molecule has 0 radical (unpaired) electrons. The number of piperidine rings is 1. The minimum atomic E-state index is 0.126. The highest BCUT2D eigenvalue weighted by Gasteiger charge is 2.24. The minimum absolute atomic E-state index is 0.126. The van der Waals surface area contributed by atoms with Crippen molar-refractivity contribution in [3.63, 3.8) is 0 Å². The summed E-state index contributed by atoms with van der Waals surface area (Å²) < 4.78 is 11.0. The number of nitrogens with zero attached hydrogens (tertiary/aromatic N) is 4. The number of carbonyl (C=O) groups excluding carboxylic acids is 2. The van der Waals surface area contributed by atoms with E-state index in [2.05, 4.69) is 10.1 Å². The third-order valence-corrected chi connectivity index (χ3v) is 6.64. The first-order valence-corrected chi connectivity index (χ1v) is 11.9. The van der Waals surface area contributed by atoms with Crippen molar-refractivity contribution in [2.24, 2.45) is 0 Å². The van der Waals surface area contributed by atoms with Gasteiger partial charge in [-0.1, -0.05) is 17.3 Å². The zero-order valence-corrected chi connectivity index (χ0v) is 19.7. The van der Waals surface area contributed by atoms with E-state index in [1.54, 1.807) is 0 Å². The monoisotopic (exact) mass is 454 g/mol. The van der Waals surface area contributed by atoms with Gasteiger partial charge in [-0.25, -0.2) is 0 Å². The van der Waals surface area contributed by atoms with Gasteiger partial charge in [0.2, 0.25) is 11.8 Å². The molecule has 2 amide bonds. The first kappa shape index (κ1) is 23.3. The van der Waals surface area contributed by atoms with E-state index < -0.39 is 0 Å². The average Bonchev–Trinajstić information content (AvgIpc) is 3.16. The lowest BCUT2D eigenvalue weighted by atomic mass is 10.1. The lowest BCUT2D eigenvalue weighted by Crippen LogP contribution is -2.52. The maximum Gasteiger partial charge on any atom is 0.236 e. The lowest BCUT2D eigenvalue weighted by molar-refractivity contribution is -0.135. The molecule has 2 aliphatic rings. The van der Waals surface area contributed by atoms with Gasteiger partial charge in [-0.15, -0.1) is 0 Å². The molecule has 2 fully saturated rings. The zero-order valence-electron chi connectivity index (χ0n) is 19.7. The fourth-order valence-corrected chi connectivity index (χ4v) is 4.44. The van der Waals surface area contributed by atoms with Crippen LogP contribution in [0.3, 0.4) is 0 Å². The number of likely N-dealkylation sites (tertiary alicyclic amines) is 1. The molecule has 8 nitrogen and oxygen atoms in total. The number of aryl methyl sites for hydroxylation is 2. The van der Waals surface area contributed by atoms with Crippen molar-refractivity contribution < 1.29 is 18.8 Å². The normalized spacial score (nSPS) is 17.3. The van der Waals surface area contributed by atoms with Gasteiger partial charge in [0.1, 0.15) is 18.1 Å². The van der Waals surface area contributed by atoms with Crippen LogP contribution in [0.25, 0.3) is 0 Å². The Bertz CT molecular complexity index is 922. The van der Waals surface area contributed by atoms with Gasteiger partial charge in [0.25, 0.3) is 0 Å². The molecule has 8 heteroatoms. The van der Waals surface area contributed by atoms with Crippen LogP contribution in [-0.4, -0.2) is 77.5 Å². The summed E-state index contributed by atoms with van der Waals surface area (Å²) >= 11 is 0. The molecular formula is C25H34N4O4. The second kappa shape index (κ2) is 10.8. The zero-order chi connectivity index (χ0) is 23.2. The number of rotatable bonds is 7. The topological polar surface area (TPSA) is 79.1 Å². The average molecular weight is 455 g/mol. The number of carbonyl (C=O) groups is 2. The lowest BCUT2D eigenvalue weighted by Gasteiger charge is -2.36. The predicted molar refractivity (Wildman–Crippen MR) is 124 cm³/mol. The molecule has 0 unspecified atom stereocenters. The molecule has 2 aliphatic heterocycles. The van der Waals surface area contributed by atoms with E-state index in [9.17, 15) is 9.59 Å². The summed E-state index contributed by atoms with van der Waals surface area (Å²) in [6.07, 6.45) is 3.82. The molecule has 0 spiro atoms. The minimum Gasteiger partial charge on any atom is -0.489 e. The van der Waals surface area contributed by atoms with Crippen LogP contribution < -0.4 is 4.74 Å². The molecule has 2 saturated heterocycles. The van der Waals surface area contributed by atoms with Gasteiger partial charge < -0.3 is 19.1 Å². The molecule has 1 aromatic heterocycles. The molecular weight excluding hydrogens is 420 g/mol. The van der Waals surface area contributed by atoms with Crippen LogP contribution in [0.2, 0.25) is 0 Å². The summed E-state index contributed by atoms with van der Waals surface area (Å²) in [4.78, 5) is 31.3. The Morgan fingerprint density at radius 2 is 1.58 bits per heavy atom. The van der Waals surface area contributed by atoms with Crippen LogP contribution >= 0.6 is 0 Å². The molecule has 0 aliphatic carbocycles. The second-order valence-corrected chi connectivity index (χ2v) is 9.01. The smallest absolute Gasteiger partial charge is 0.236 e.